The SMILES string of the molecule is C=C(C)/N=C1/CCCC1=C(C)C. The molecule has 12 heavy (non-hydrogen) atoms. The molecule has 0 bridgehead atoms. The standard InChI is InChI=1S/C11H17N/c1-8(2)10-6-5-7-11(10)12-9(3)4/h3,5-7H2,1-2,4H3/b12-11-. The van der Waals surface area contributed by atoms with Crippen LogP contribution in [-0.2, 0) is 0 Å². The molecule has 0 amide bonds. The zero-order valence-corrected chi connectivity index (χ0v) is 8.28. The minimum absolute atomic E-state index is 0.922. The summed E-state index contributed by atoms with van der Waals surface area (Å²) < 4.78 is 0. The average molecular weight is 163 g/mol. The van der Waals surface area contributed by atoms with E-state index in [9.17, 15) is 0 Å². The molecule has 0 aliphatic heterocycles. The third kappa shape index (κ3) is 2.07. The summed E-state index contributed by atoms with van der Waals surface area (Å²) in [6, 6.07) is 0. The molecule has 0 aromatic rings. The van der Waals surface area contributed by atoms with Gasteiger partial charge in [-0.1, -0.05) is 12.2 Å². The van der Waals surface area contributed by atoms with Crippen molar-refractivity contribution < 1.29 is 0 Å². The number of aliphatic imine (C=N–C) groups is 1. The highest BCUT2D eigenvalue weighted by atomic mass is 14.8. The van der Waals surface area contributed by atoms with E-state index in [4.69, 9.17) is 0 Å². The van der Waals surface area contributed by atoms with Gasteiger partial charge in [-0.25, -0.2) is 0 Å². The van der Waals surface area contributed by atoms with Gasteiger partial charge in [0.15, 0.2) is 0 Å². The Morgan fingerprint density at radius 2 is 1.92 bits per heavy atom. The van der Waals surface area contributed by atoms with Gasteiger partial charge in [0.05, 0.1) is 0 Å². The Morgan fingerprint density at radius 3 is 2.42 bits per heavy atom. The molecule has 1 saturated carbocycles. The van der Waals surface area contributed by atoms with Crippen LogP contribution in [0, 0.1) is 0 Å². The van der Waals surface area contributed by atoms with E-state index in [1.807, 2.05) is 6.92 Å². The van der Waals surface area contributed by atoms with Crippen LogP contribution in [0.5, 0.6) is 0 Å². The van der Waals surface area contributed by atoms with Gasteiger partial charge >= 0.3 is 0 Å². The van der Waals surface area contributed by atoms with E-state index in [-0.39, 0.29) is 0 Å². The minimum Gasteiger partial charge on any atom is -0.259 e. The quantitative estimate of drug-likeness (QED) is 0.561. The van der Waals surface area contributed by atoms with Crippen LogP contribution >= 0.6 is 0 Å². The molecule has 0 saturated heterocycles. The lowest BCUT2D eigenvalue weighted by atomic mass is 10.1. The van der Waals surface area contributed by atoms with Crippen LogP contribution in [-0.4, -0.2) is 5.71 Å². The molecule has 0 atom stereocenters. The lowest BCUT2D eigenvalue weighted by Gasteiger charge is -2.02. The summed E-state index contributed by atoms with van der Waals surface area (Å²) in [5.41, 5.74) is 5.05. The van der Waals surface area contributed by atoms with Gasteiger partial charge in [-0.2, -0.15) is 0 Å². The number of allylic oxidation sites excluding steroid dienone is 3. The first-order valence-corrected chi connectivity index (χ1v) is 4.51. The van der Waals surface area contributed by atoms with Gasteiger partial charge in [-0.05, 0) is 45.6 Å². The molecule has 0 unspecified atom stereocenters. The molecule has 1 fully saturated rings. The fourth-order valence-corrected chi connectivity index (χ4v) is 1.62. The van der Waals surface area contributed by atoms with Crippen molar-refractivity contribution in [2.75, 3.05) is 0 Å². The van der Waals surface area contributed by atoms with Gasteiger partial charge in [0.2, 0.25) is 0 Å². The molecule has 0 N–H and O–H groups in total. The minimum atomic E-state index is 0.922. The van der Waals surface area contributed by atoms with Crippen molar-refractivity contribution in [3.05, 3.63) is 23.4 Å². The van der Waals surface area contributed by atoms with Crippen LogP contribution in [0.25, 0.3) is 0 Å². The van der Waals surface area contributed by atoms with E-state index in [0.29, 0.717) is 0 Å². The molecule has 0 aromatic carbocycles. The third-order valence-corrected chi connectivity index (χ3v) is 2.12. The van der Waals surface area contributed by atoms with Gasteiger partial charge in [0.1, 0.15) is 0 Å². The topological polar surface area (TPSA) is 12.4 Å². The normalized spacial score (nSPS) is 20.2. The second-order valence-corrected chi connectivity index (χ2v) is 3.63. The van der Waals surface area contributed by atoms with Crippen molar-refractivity contribution in [1.29, 1.82) is 0 Å². The zero-order chi connectivity index (χ0) is 9.14. The van der Waals surface area contributed by atoms with E-state index in [0.717, 1.165) is 12.1 Å². The smallest absolute Gasteiger partial charge is 0.0437 e. The highest BCUT2D eigenvalue weighted by molar-refractivity contribution is 6.03. The molecule has 0 spiro atoms. The maximum absolute atomic E-state index is 4.44. The molecule has 1 rings (SSSR count). The summed E-state index contributed by atoms with van der Waals surface area (Å²) in [6.07, 6.45) is 3.59. The highest BCUT2D eigenvalue weighted by Crippen LogP contribution is 2.25. The van der Waals surface area contributed by atoms with Crippen molar-refractivity contribution in [1.82, 2.24) is 0 Å². The number of rotatable bonds is 1. The van der Waals surface area contributed by atoms with Crippen LogP contribution in [0.4, 0.5) is 0 Å². The Balaban J connectivity index is 2.92. The molecule has 1 heteroatoms. The second-order valence-electron chi connectivity index (χ2n) is 3.63. The van der Waals surface area contributed by atoms with E-state index in [1.54, 1.807) is 0 Å². The molecular weight excluding hydrogens is 146 g/mol. The molecule has 0 radical (unpaired) electrons. The Bertz CT molecular complexity index is 252. The number of nitrogens with zero attached hydrogens (tertiary/aromatic N) is 1. The molecule has 0 heterocycles. The van der Waals surface area contributed by atoms with E-state index in [2.05, 4.69) is 25.4 Å². The van der Waals surface area contributed by atoms with E-state index in [1.165, 1.54) is 29.7 Å². The van der Waals surface area contributed by atoms with Crippen molar-refractivity contribution >= 4 is 5.71 Å². The Kier molecular flexibility index (Phi) is 2.85. The number of hydrogen-bond donors (Lipinski definition) is 0. The van der Waals surface area contributed by atoms with E-state index >= 15 is 0 Å². The average Bonchev–Trinajstić information content (AvgIpc) is 2.33. The van der Waals surface area contributed by atoms with Crippen LogP contribution < -0.4 is 0 Å². The highest BCUT2D eigenvalue weighted by Gasteiger charge is 2.15. The number of hydrogen-bond acceptors (Lipinski definition) is 1. The monoisotopic (exact) mass is 163 g/mol. The summed E-state index contributed by atoms with van der Waals surface area (Å²) in [6.45, 7) is 10.1. The predicted octanol–water partition coefficient (Wildman–Crippen LogP) is 3.48. The first-order valence-electron chi connectivity index (χ1n) is 4.51. The van der Waals surface area contributed by atoms with Gasteiger partial charge < -0.3 is 0 Å². The summed E-state index contributed by atoms with van der Waals surface area (Å²) in [5.74, 6) is 0. The Hall–Kier alpha value is -0.850. The summed E-state index contributed by atoms with van der Waals surface area (Å²) in [4.78, 5) is 4.44. The van der Waals surface area contributed by atoms with Crippen LogP contribution in [0.15, 0.2) is 28.4 Å². The molecule has 66 valence electrons. The van der Waals surface area contributed by atoms with Crippen molar-refractivity contribution in [2.45, 2.75) is 40.0 Å². The van der Waals surface area contributed by atoms with Gasteiger partial charge in [0, 0.05) is 11.4 Å². The fraction of sp³-hybridized carbons (Fsp3) is 0.545. The van der Waals surface area contributed by atoms with Gasteiger partial charge in [0.25, 0.3) is 0 Å². The lowest BCUT2D eigenvalue weighted by Crippen LogP contribution is -1.95. The molecule has 0 aromatic heterocycles. The largest absolute Gasteiger partial charge is 0.259 e. The first-order chi connectivity index (χ1) is 5.61. The van der Waals surface area contributed by atoms with Crippen molar-refractivity contribution in [3.8, 4) is 0 Å². The third-order valence-electron chi connectivity index (χ3n) is 2.12. The Labute approximate surface area is 74.9 Å². The molecule has 1 aliphatic carbocycles. The fourth-order valence-electron chi connectivity index (χ4n) is 1.62. The maximum Gasteiger partial charge on any atom is 0.0437 e. The van der Waals surface area contributed by atoms with Crippen LogP contribution in [0.1, 0.15) is 40.0 Å². The zero-order valence-electron chi connectivity index (χ0n) is 8.28. The van der Waals surface area contributed by atoms with Crippen molar-refractivity contribution in [2.24, 2.45) is 4.99 Å². The summed E-state index contributed by atoms with van der Waals surface area (Å²) in [7, 11) is 0. The second kappa shape index (κ2) is 3.70. The molecule has 1 aliphatic rings. The lowest BCUT2D eigenvalue weighted by molar-refractivity contribution is 0.939. The molecular formula is C11H17N. The Morgan fingerprint density at radius 1 is 1.25 bits per heavy atom. The summed E-state index contributed by atoms with van der Waals surface area (Å²) >= 11 is 0. The first kappa shape index (κ1) is 9.24. The van der Waals surface area contributed by atoms with E-state index < -0.39 is 0 Å². The summed E-state index contributed by atoms with van der Waals surface area (Å²) in [5, 5.41) is 0. The van der Waals surface area contributed by atoms with Gasteiger partial charge in [-0.15, -0.1) is 0 Å². The van der Waals surface area contributed by atoms with Crippen LogP contribution in [0.2, 0.25) is 0 Å². The maximum atomic E-state index is 4.44. The van der Waals surface area contributed by atoms with Crippen LogP contribution in [0.3, 0.4) is 0 Å². The van der Waals surface area contributed by atoms with Gasteiger partial charge in [-0.3, -0.25) is 4.99 Å². The predicted molar refractivity (Wildman–Crippen MR) is 54.5 cm³/mol. The molecule has 1 nitrogen and oxygen atoms in total. The van der Waals surface area contributed by atoms with Crippen molar-refractivity contribution in [3.63, 3.8) is 0 Å².